The summed E-state index contributed by atoms with van der Waals surface area (Å²) in [5, 5.41) is 0.975. The Morgan fingerprint density at radius 3 is 2.65 bits per heavy atom. The first-order valence-electron chi connectivity index (χ1n) is 9.30. The van der Waals surface area contributed by atoms with Crippen LogP contribution in [0, 0.1) is 0 Å². The lowest BCUT2D eigenvalue weighted by atomic mass is 10.0. The van der Waals surface area contributed by atoms with E-state index in [9.17, 15) is 18.0 Å². The Balaban J connectivity index is 1.96. The molecule has 0 spiro atoms. The molecule has 0 unspecified atom stereocenters. The smallest absolute Gasteiger partial charge is 0.434 e. The molecule has 31 heavy (non-hydrogen) atoms. The molecule has 9 nitrogen and oxygen atoms in total. The number of aromatic amines is 2. The van der Waals surface area contributed by atoms with Gasteiger partial charge in [-0.15, -0.1) is 0 Å². The molecule has 0 saturated heterocycles. The van der Waals surface area contributed by atoms with Crippen LogP contribution in [0.15, 0.2) is 52.3 Å². The summed E-state index contributed by atoms with van der Waals surface area (Å²) in [6, 6.07) is 9.63. The highest BCUT2D eigenvalue weighted by atomic mass is 32.2. The van der Waals surface area contributed by atoms with Crippen molar-refractivity contribution >= 4 is 43.5 Å². The summed E-state index contributed by atoms with van der Waals surface area (Å²) < 4.78 is 34.0. The van der Waals surface area contributed by atoms with Crippen LogP contribution in [-0.2, 0) is 14.6 Å². The molecule has 0 fully saturated rings. The zero-order valence-corrected chi connectivity index (χ0v) is 17.5. The first-order chi connectivity index (χ1) is 14.7. The van der Waals surface area contributed by atoms with Crippen molar-refractivity contribution in [1.82, 2.24) is 9.97 Å². The molecule has 4 aromatic rings. The molecule has 0 aliphatic rings. The second-order valence-electron chi connectivity index (χ2n) is 6.92. The van der Waals surface area contributed by atoms with E-state index in [0.29, 0.717) is 33.1 Å². The molecule has 10 heteroatoms. The van der Waals surface area contributed by atoms with E-state index >= 15 is 0 Å². The van der Waals surface area contributed by atoms with Gasteiger partial charge in [-0.3, -0.25) is 4.79 Å². The van der Waals surface area contributed by atoms with E-state index in [4.69, 9.17) is 15.2 Å². The van der Waals surface area contributed by atoms with Gasteiger partial charge < -0.3 is 25.2 Å². The quantitative estimate of drug-likeness (QED) is 0.326. The number of aromatic nitrogens is 2. The van der Waals surface area contributed by atoms with Crippen LogP contribution in [0.3, 0.4) is 0 Å². The van der Waals surface area contributed by atoms with E-state index in [2.05, 4.69) is 9.97 Å². The molecule has 0 radical (unpaired) electrons. The highest BCUT2D eigenvalue weighted by molar-refractivity contribution is 7.90. The number of fused-ring (bicyclic) bond motifs is 3. The fourth-order valence-corrected chi connectivity index (χ4v) is 4.04. The third-order valence-corrected chi connectivity index (χ3v) is 5.94. The zero-order chi connectivity index (χ0) is 22.3. The average molecular weight is 441 g/mol. The largest absolute Gasteiger partial charge is 0.513 e. The molecule has 2 heterocycles. The van der Waals surface area contributed by atoms with Crippen LogP contribution in [0.25, 0.3) is 32.9 Å². The number of pyridine rings is 1. The van der Waals surface area contributed by atoms with Gasteiger partial charge in [-0.1, -0.05) is 6.07 Å². The van der Waals surface area contributed by atoms with E-state index in [1.165, 1.54) is 24.4 Å². The number of nitrogens with two attached hydrogens (primary N) is 1. The van der Waals surface area contributed by atoms with Crippen molar-refractivity contribution in [3.05, 3.63) is 52.9 Å². The minimum atomic E-state index is -3.43. The van der Waals surface area contributed by atoms with Crippen molar-refractivity contribution in [3.8, 4) is 16.9 Å². The SMILES string of the molecule is CCOC(=O)Oc1c[nH]c2c(=O)[nH]c3ccc(-c4cc(S(C)(=O)=O)ccc4N)cc3c12. The number of benzene rings is 2. The van der Waals surface area contributed by atoms with Crippen molar-refractivity contribution < 1.29 is 22.7 Å². The van der Waals surface area contributed by atoms with Gasteiger partial charge in [-0.25, -0.2) is 13.2 Å². The molecule has 2 aromatic carbocycles. The molecule has 160 valence electrons. The third-order valence-electron chi connectivity index (χ3n) is 4.83. The molecular weight excluding hydrogens is 422 g/mol. The number of nitrogens with one attached hydrogen (secondary N) is 2. The summed E-state index contributed by atoms with van der Waals surface area (Å²) >= 11 is 0. The van der Waals surface area contributed by atoms with Gasteiger partial charge in [0.25, 0.3) is 5.56 Å². The number of H-pyrrole nitrogens is 2. The topological polar surface area (TPSA) is 144 Å². The molecule has 0 saturated carbocycles. The van der Waals surface area contributed by atoms with Crippen LogP contribution in [0.1, 0.15) is 6.92 Å². The Labute approximate surface area is 176 Å². The Kier molecular flexibility index (Phi) is 4.94. The normalized spacial score (nSPS) is 11.7. The Morgan fingerprint density at radius 2 is 1.94 bits per heavy atom. The Hall–Kier alpha value is -3.79. The van der Waals surface area contributed by atoms with E-state index in [0.717, 1.165) is 6.26 Å². The van der Waals surface area contributed by atoms with Gasteiger partial charge in [0.05, 0.1) is 16.9 Å². The van der Waals surface area contributed by atoms with Crippen molar-refractivity contribution in [2.75, 3.05) is 18.6 Å². The van der Waals surface area contributed by atoms with Crippen LogP contribution in [0.4, 0.5) is 10.5 Å². The molecular formula is C21H19N3O6S. The molecule has 2 aromatic heterocycles. The van der Waals surface area contributed by atoms with Gasteiger partial charge in [0, 0.05) is 34.6 Å². The van der Waals surface area contributed by atoms with Crippen LogP contribution < -0.4 is 16.0 Å². The highest BCUT2D eigenvalue weighted by Gasteiger charge is 2.18. The molecule has 4 N–H and O–H groups in total. The summed E-state index contributed by atoms with van der Waals surface area (Å²) in [4.78, 5) is 30.0. The lowest BCUT2D eigenvalue weighted by molar-refractivity contribution is 0.105. The van der Waals surface area contributed by atoms with E-state index in [-0.39, 0.29) is 28.3 Å². The molecule has 0 bridgehead atoms. The number of nitrogen functional groups attached to an aromatic ring is 1. The van der Waals surface area contributed by atoms with Gasteiger partial charge in [-0.05, 0) is 42.8 Å². The van der Waals surface area contributed by atoms with Crippen LogP contribution >= 0.6 is 0 Å². The average Bonchev–Trinajstić information content (AvgIpc) is 3.12. The molecule has 0 amide bonds. The predicted molar refractivity (Wildman–Crippen MR) is 117 cm³/mol. The second-order valence-corrected chi connectivity index (χ2v) is 8.94. The summed E-state index contributed by atoms with van der Waals surface area (Å²) in [5.41, 5.74) is 8.00. The highest BCUT2D eigenvalue weighted by Crippen LogP contribution is 2.35. The van der Waals surface area contributed by atoms with E-state index in [1.54, 1.807) is 25.1 Å². The first kappa shape index (κ1) is 20.5. The number of carbonyl (C=O) groups excluding carboxylic acids is 1. The maximum Gasteiger partial charge on any atom is 0.513 e. The van der Waals surface area contributed by atoms with E-state index < -0.39 is 16.0 Å². The van der Waals surface area contributed by atoms with Gasteiger partial charge in [0.2, 0.25) is 0 Å². The summed E-state index contributed by atoms with van der Waals surface area (Å²) in [6.45, 7) is 1.79. The number of hydrogen-bond acceptors (Lipinski definition) is 7. The maximum atomic E-state index is 12.4. The number of rotatable bonds is 4. The molecule has 0 aliphatic carbocycles. The number of sulfone groups is 1. The number of anilines is 1. The summed E-state index contributed by atoms with van der Waals surface area (Å²) in [6.07, 6.45) is 1.63. The minimum absolute atomic E-state index is 0.136. The number of hydrogen-bond donors (Lipinski definition) is 3. The van der Waals surface area contributed by atoms with Gasteiger partial charge in [0.15, 0.2) is 15.6 Å². The van der Waals surface area contributed by atoms with Gasteiger partial charge in [0.1, 0.15) is 5.52 Å². The van der Waals surface area contributed by atoms with Gasteiger partial charge >= 0.3 is 6.16 Å². The predicted octanol–water partition coefficient (Wildman–Crippen LogP) is 3.20. The monoisotopic (exact) mass is 441 g/mol. The number of ether oxygens (including phenoxy) is 2. The lowest BCUT2D eigenvalue weighted by Gasteiger charge is -2.10. The van der Waals surface area contributed by atoms with Crippen molar-refractivity contribution in [2.24, 2.45) is 0 Å². The Bertz CT molecular complexity index is 1500. The van der Waals surface area contributed by atoms with E-state index in [1.807, 2.05) is 0 Å². The Morgan fingerprint density at radius 1 is 1.16 bits per heavy atom. The molecule has 0 atom stereocenters. The minimum Gasteiger partial charge on any atom is -0.434 e. The second kappa shape index (κ2) is 7.47. The van der Waals surface area contributed by atoms with Crippen molar-refractivity contribution in [3.63, 3.8) is 0 Å². The van der Waals surface area contributed by atoms with Crippen LogP contribution in [0.2, 0.25) is 0 Å². The summed E-state index contributed by atoms with van der Waals surface area (Å²) in [5.74, 6) is 0.138. The molecule has 0 aliphatic heterocycles. The third kappa shape index (κ3) is 3.73. The maximum absolute atomic E-state index is 12.4. The summed E-state index contributed by atoms with van der Waals surface area (Å²) in [7, 11) is -3.43. The fraction of sp³-hybridized carbons (Fsp3) is 0.143. The lowest BCUT2D eigenvalue weighted by Crippen LogP contribution is -2.10. The van der Waals surface area contributed by atoms with Crippen molar-refractivity contribution in [1.29, 1.82) is 0 Å². The standard InChI is InChI=1S/C21H19N3O6S/c1-3-29-21(26)30-17-10-23-19-18(17)14-8-11(4-7-16(14)24-20(19)25)13-9-12(31(2,27)28)5-6-15(13)22/h4-10,23H,3,22H2,1-2H3,(H,24,25). The molecule has 4 rings (SSSR count). The number of carbonyl (C=O) groups is 1. The fourth-order valence-electron chi connectivity index (χ4n) is 3.40. The van der Waals surface area contributed by atoms with Crippen LogP contribution in [0.5, 0.6) is 5.75 Å². The first-order valence-corrected chi connectivity index (χ1v) is 11.2. The van der Waals surface area contributed by atoms with Crippen molar-refractivity contribution in [2.45, 2.75) is 11.8 Å². The van der Waals surface area contributed by atoms with Gasteiger partial charge in [-0.2, -0.15) is 0 Å². The zero-order valence-electron chi connectivity index (χ0n) is 16.7. The van der Waals surface area contributed by atoms with Crippen LogP contribution in [-0.4, -0.2) is 37.4 Å².